The SMILES string of the molecule is CC(CNSc1ccc(C(F)(F)F)cc1)n1ncc2ccccc21. The average molecular weight is 351 g/mol. The number of nitrogens with zero attached hydrogens (tertiary/aromatic N) is 2. The molecule has 1 atom stereocenters. The maximum absolute atomic E-state index is 12.5. The molecule has 2 aromatic carbocycles. The molecule has 3 rings (SSSR count). The molecule has 0 aliphatic carbocycles. The zero-order chi connectivity index (χ0) is 17.2. The van der Waals surface area contributed by atoms with Gasteiger partial charge in [0.1, 0.15) is 0 Å². The fourth-order valence-electron chi connectivity index (χ4n) is 2.39. The van der Waals surface area contributed by atoms with Crippen molar-refractivity contribution in [3.05, 3.63) is 60.3 Å². The molecule has 0 aliphatic heterocycles. The van der Waals surface area contributed by atoms with Crippen molar-refractivity contribution in [1.29, 1.82) is 0 Å². The van der Waals surface area contributed by atoms with Crippen LogP contribution >= 0.6 is 11.9 Å². The summed E-state index contributed by atoms with van der Waals surface area (Å²) < 4.78 is 42.7. The first kappa shape index (κ1) is 16.9. The third-order valence-electron chi connectivity index (χ3n) is 3.67. The zero-order valence-electron chi connectivity index (χ0n) is 12.9. The van der Waals surface area contributed by atoms with Gasteiger partial charge in [0.15, 0.2) is 0 Å². The first-order chi connectivity index (χ1) is 11.4. The normalized spacial score (nSPS) is 13.3. The summed E-state index contributed by atoms with van der Waals surface area (Å²) in [5.41, 5.74) is 0.426. The minimum absolute atomic E-state index is 0.117. The van der Waals surface area contributed by atoms with Crippen molar-refractivity contribution in [2.75, 3.05) is 6.54 Å². The highest BCUT2D eigenvalue weighted by Gasteiger charge is 2.29. The second kappa shape index (κ2) is 6.86. The van der Waals surface area contributed by atoms with Crippen LogP contribution in [0.1, 0.15) is 18.5 Å². The Bertz CT molecular complexity index is 812. The van der Waals surface area contributed by atoms with Crippen LogP contribution in [0.25, 0.3) is 10.9 Å². The molecule has 3 aromatic rings. The molecule has 0 fully saturated rings. The van der Waals surface area contributed by atoms with Gasteiger partial charge in [0.25, 0.3) is 0 Å². The number of fused-ring (bicyclic) bond motifs is 1. The molecule has 1 aromatic heterocycles. The number of rotatable bonds is 5. The monoisotopic (exact) mass is 351 g/mol. The number of nitrogens with one attached hydrogen (secondary N) is 1. The van der Waals surface area contributed by atoms with Crippen LogP contribution in [0, 0.1) is 0 Å². The molecule has 0 radical (unpaired) electrons. The third kappa shape index (κ3) is 3.73. The Balaban J connectivity index is 1.58. The predicted octanol–water partition coefficient (Wildman–Crippen LogP) is 4.91. The maximum Gasteiger partial charge on any atom is 0.416 e. The molecule has 126 valence electrons. The first-order valence-electron chi connectivity index (χ1n) is 7.44. The number of hydrogen-bond donors (Lipinski definition) is 1. The molecule has 24 heavy (non-hydrogen) atoms. The van der Waals surface area contributed by atoms with Gasteiger partial charge in [-0.1, -0.05) is 18.2 Å². The Morgan fingerprint density at radius 3 is 2.54 bits per heavy atom. The van der Waals surface area contributed by atoms with Gasteiger partial charge in [-0.2, -0.15) is 18.3 Å². The van der Waals surface area contributed by atoms with Crippen molar-refractivity contribution >= 4 is 22.9 Å². The minimum atomic E-state index is -4.30. The van der Waals surface area contributed by atoms with Gasteiger partial charge in [-0.05, 0) is 49.2 Å². The van der Waals surface area contributed by atoms with E-state index in [1.54, 1.807) is 0 Å². The van der Waals surface area contributed by atoms with Gasteiger partial charge in [0.2, 0.25) is 0 Å². The maximum atomic E-state index is 12.5. The minimum Gasteiger partial charge on any atom is -0.261 e. The van der Waals surface area contributed by atoms with E-state index in [4.69, 9.17) is 0 Å². The first-order valence-corrected chi connectivity index (χ1v) is 8.26. The molecular formula is C17H16F3N3S. The van der Waals surface area contributed by atoms with E-state index in [2.05, 4.69) is 9.82 Å². The highest BCUT2D eigenvalue weighted by atomic mass is 32.2. The molecule has 0 aliphatic rings. The van der Waals surface area contributed by atoms with Gasteiger partial charge in [0, 0.05) is 16.8 Å². The molecule has 1 heterocycles. The molecule has 7 heteroatoms. The Hall–Kier alpha value is -1.99. The van der Waals surface area contributed by atoms with Crippen LogP contribution < -0.4 is 4.72 Å². The van der Waals surface area contributed by atoms with Gasteiger partial charge in [0.05, 0.1) is 23.3 Å². The van der Waals surface area contributed by atoms with E-state index >= 15 is 0 Å². The standard InChI is InChI=1S/C17H16F3N3S/c1-12(23-16-5-3-2-4-13(16)11-21-23)10-22-24-15-8-6-14(7-9-15)17(18,19)20/h2-9,11-12,22H,10H2,1H3. The van der Waals surface area contributed by atoms with Gasteiger partial charge in [-0.15, -0.1) is 0 Å². The Labute approximate surface area is 142 Å². The summed E-state index contributed by atoms with van der Waals surface area (Å²) in [6, 6.07) is 13.2. The highest BCUT2D eigenvalue weighted by Crippen LogP contribution is 2.30. The lowest BCUT2D eigenvalue weighted by molar-refractivity contribution is -0.137. The smallest absolute Gasteiger partial charge is 0.261 e. The van der Waals surface area contributed by atoms with Crippen LogP contribution in [0.4, 0.5) is 13.2 Å². The number of para-hydroxylation sites is 1. The second-order valence-corrected chi connectivity index (χ2v) is 6.43. The van der Waals surface area contributed by atoms with Crippen LogP contribution in [0.15, 0.2) is 59.6 Å². The molecule has 0 saturated carbocycles. The van der Waals surface area contributed by atoms with E-state index in [9.17, 15) is 13.2 Å². The topological polar surface area (TPSA) is 29.9 Å². The van der Waals surface area contributed by atoms with Crippen LogP contribution in [0.2, 0.25) is 0 Å². The summed E-state index contributed by atoms with van der Waals surface area (Å²) in [5, 5.41) is 5.49. The Morgan fingerprint density at radius 2 is 1.83 bits per heavy atom. The fraction of sp³-hybridized carbons (Fsp3) is 0.235. The van der Waals surface area contributed by atoms with E-state index in [1.807, 2.05) is 42.1 Å². The van der Waals surface area contributed by atoms with Crippen LogP contribution in [0.3, 0.4) is 0 Å². The lowest BCUT2D eigenvalue weighted by Gasteiger charge is -2.14. The van der Waals surface area contributed by atoms with E-state index < -0.39 is 11.7 Å². The summed E-state index contributed by atoms with van der Waals surface area (Å²) in [6.45, 7) is 2.68. The number of hydrogen-bond acceptors (Lipinski definition) is 3. The van der Waals surface area contributed by atoms with E-state index in [-0.39, 0.29) is 6.04 Å². The fourth-order valence-corrected chi connectivity index (χ4v) is 3.15. The number of halogens is 3. The zero-order valence-corrected chi connectivity index (χ0v) is 13.7. The summed E-state index contributed by atoms with van der Waals surface area (Å²) in [4.78, 5) is 0.737. The van der Waals surface area contributed by atoms with Gasteiger partial charge >= 0.3 is 6.18 Å². The Kier molecular flexibility index (Phi) is 4.82. The lowest BCUT2D eigenvalue weighted by atomic mass is 10.2. The summed E-state index contributed by atoms with van der Waals surface area (Å²) >= 11 is 1.31. The number of alkyl halides is 3. The van der Waals surface area contributed by atoms with Gasteiger partial charge in [-0.3, -0.25) is 9.40 Å². The van der Waals surface area contributed by atoms with Crippen molar-refractivity contribution in [1.82, 2.24) is 14.5 Å². The van der Waals surface area contributed by atoms with Crippen molar-refractivity contribution in [3.63, 3.8) is 0 Å². The largest absolute Gasteiger partial charge is 0.416 e. The second-order valence-electron chi connectivity index (χ2n) is 5.47. The van der Waals surface area contributed by atoms with E-state index in [0.717, 1.165) is 27.9 Å². The van der Waals surface area contributed by atoms with Crippen molar-refractivity contribution in [2.45, 2.75) is 24.0 Å². The highest BCUT2D eigenvalue weighted by molar-refractivity contribution is 7.97. The number of benzene rings is 2. The molecule has 3 nitrogen and oxygen atoms in total. The van der Waals surface area contributed by atoms with Gasteiger partial charge < -0.3 is 0 Å². The molecule has 0 bridgehead atoms. The van der Waals surface area contributed by atoms with Crippen LogP contribution in [0.5, 0.6) is 0 Å². The molecule has 1 N–H and O–H groups in total. The molecule has 0 spiro atoms. The number of aromatic nitrogens is 2. The van der Waals surface area contributed by atoms with E-state index in [0.29, 0.717) is 6.54 Å². The summed E-state index contributed by atoms with van der Waals surface area (Å²) in [5.74, 6) is 0. The molecule has 0 amide bonds. The summed E-state index contributed by atoms with van der Waals surface area (Å²) in [6.07, 6.45) is -2.47. The predicted molar refractivity (Wildman–Crippen MR) is 89.7 cm³/mol. The third-order valence-corrected chi connectivity index (χ3v) is 4.49. The van der Waals surface area contributed by atoms with Crippen molar-refractivity contribution < 1.29 is 13.2 Å². The van der Waals surface area contributed by atoms with E-state index in [1.165, 1.54) is 24.1 Å². The average Bonchev–Trinajstić information content (AvgIpc) is 2.98. The van der Waals surface area contributed by atoms with Crippen molar-refractivity contribution in [3.8, 4) is 0 Å². The van der Waals surface area contributed by atoms with Crippen molar-refractivity contribution in [2.24, 2.45) is 0 Å². The van der Waals surface area contributed by atoms with Crippen LogP contribution in [-0.2, 0) is 6.18 Å². The molecule has 1 unspecified atom stereocenters. The lowest BCUT2D eigenvalue weighted by Crippen LogP contribution is -2.19. The van der Waals surface area contributed by atoms with Crippen LogP contribution in [-0.4, -0.2) is 16.3 Å². The molecular weight excluding hydrogens is 335 g/mol. The Morgan fingerprint density at radius 1 is 1.12 bits per heavy atom. The quantitative estimate of drug-likeness (QED) is 0.662. The molecule has 0 saturated heterocycles. The van der Waals surface area contributed by atoms with Gasteiger partial charge in [-0.25, -0.2) is 0 Å². The summed E-state index contributed by atoms with van der Waals surface area (Å²) in [7, 11) is 0.